The van der Waals surface area contributed by atoms with Crippen LogP contribution in [-0.2, 0) is 15.9 Å². The number of rotatable bonds is 2. The third-order valence-corrected chi connectivity index (χ3v) is 2.49. The van der Waals surface area contributed by atoms with Crippen molar-refractivity contribution in [1.29, 1.82) is 0 Å². The Labute approximate surface area is 105 Å². The first kappa shape index (κ1) is 14.1. The lowest BCUT2D eigenvalue weighted by Gasteiger charge is -1.95. The first-order chi connectivity index (χ1) is 8.47. The van der Waals surface area contributed by atoms with Crippen LogP contribution in [0.2, 0.25) is 0 Å². The first-order valence-electron chi connectivity index (χ1n) is 4.98. The van der Waals surface area contributed by atoms with Gasteiger partial charge in [0, 0.05) is 6.20 Å². The number of aromatic nitrogens is 2. The van der Waals surface area contributed by atoms with Crippen LogP contribution in [0.15, 0.2) is 48.9 Å². The van der Waals surface area contributed by atoms with Crippen molar-refractivity contribution < 1.29 is 13.0 Å². The fourth-order valence-corrected chi connectivity index (χ4v) is 1.70. The van der Waals surface area contributed by atoms with E-state index in [1.165, 1.54) is 6.33 Å². The number of nitrogens with zero attached hydrogens (tertiary/aromatic N) is 2. The van der Waals surface area contributed by atoms with E-state index in [1.807, 2.05) is 0 Å². The fraction of sp³-hybridized carbons (Fsp3) is 0.0909. The molecule has 0 saturated carbocycles. The van der Waals surface area contributed by atoms with Crippen molar-refractivity contribution in [3.8, 4) is 0 Å². The predicted molar refractivity (Wildman–Crippen MR) is 68.1 cm³/mol. The molecule has 96 valence electrons. The average Bonchev–Trinajstić information content (AvgIpc) is 2.30. The van der Waals surface area contributed by atoms with Crippen LogP contribution in [0.3, 0.4) is 0 Å². The van der Waals surface area contributed by atoms with Crippen LogP contribution in [0.25, 0.3) is 0 Å². The van der Waals surface area contributed by atoms with Crippen LogP contribution in [0.4, 0.5) is 5.82 Å². The van der Waals surface area contributed by atoms with Gasteiger partial charge in [-0.25, -0.2) is 9.97 Å². The molecule has 2 aromatic rings. The number of anilines is 1. The summed E-state index contributed by atoms with van der Waals surface area (Å²) in [5.74, 6) is 0.198. The van der Waals surface area contributed by atoms with Gasteiger partial charge in [-0.2, -0.15) is 8.42 Å². The molecular weight excluding hydrogens is 254 g/mol. The SMILES string of the molecule is Nc1ccncn1.O=S(=O)(O)Cc1ccccc1. The summed E-state index contributed by atoms with van der Waals surface area (Å²) in [4.78, 5) is 7.30. The highest BCUT2D eigenvalue weighted by Gasteiger charge is 2.04. The lowest BCUT2D eigenvalue weighted by molar-refractivity contribution is 0.482. The highest BCUT2D eigenvalue weighted by molar-refractivity contribution is 7.85. The summed E-state index contributed by atoms with van der Waals surface area (Å²) in [6.45, 7) is 0. The number of benzene rings is 1. The molecular formula is C11H13N3O3S. The van der Waals surface area contributed by atoms with E-state index in [4.69, 9.17) is 10.3 Å². The molecule has 0 aliphatic carbocycles. The highest BCUT2D eigenvalue weighted by Crippen LogP contribution is 2.02. The first-order valence-corrected chi connectivity index (χ1v) is 6.59. The Hall–Kier alpha value is -1.99. The Morgan fingerprint density at radius 1 is 1.17 bits per heavy atom. The molecule has 0 atom stereocenters. The lowest BCUT2D eigenvalue weighted by Crippen LogP contribution is -2.00. The predicted octanol–water partition coefficient (Wildman–Crippen LogP) is 1.13. The minimum atomic E-state index is -3.88. The summed E-state index contributed by atoms with van der Waals surface area (Å²) in [6, 6.07) is 10.2. The smallest absolute Gasteiger partial charge is 0.269 e. The molecule has 0 saturated heterocycles. The molecule has 0 bridgehead atoms. The summed E-state index contributed by atoms with van der Waals surface area (Å²) in [7, 11) is -3.88. The second-order valence-corrected chi connectivity index (χ2v) is 4.80. The van der Waals surface area contributed by atoms with Gasteiger partial charge in [0.25, 0.3) is 10.1 Å². The van der Waals surface area contributed by atoms with E-state index in [1.54, 1.807) is 42.6 Å². The summed E-state index contributed by atoms with van der Waals surface area (Å²) in [5.41, 5.74) is 5.80. The van der Waals surface area contributed by atoms with Crippen molar-refractivity contribution in [2.45, 2.75) is 5.75 Å². The zero-order valence-corrected chi connectivity index (χ0v) is 10.3. The Kier molecular flexibility index (Phi) is 5.22. The molecule has 0 unspecified atom stereocenters. The Morgan fingerprint density at radius 3 is 2.22 bits per heavy atom. The van der Waals surface area contributed by atoms with E-state index >= 15 is 0 Å². The molecule has 0 spiro atoms. The summed E-state index contributed by atoms with van der Waals surface area (Å²) in [5, 5.41) is 0. The lowest BCUT2D eigenvalue weighted by atomic mass is 10.2. The molecule has 1 aromatic carbocycles. The molecule has 1 heterocycles. The van der Waals surface area contributed by atoms with Gasteiger partial charge in [-0.3, -0.25) is 4.55 Å². The molecule has 0 aliphatic heterocycles. The van der Waals surface area contributed by atoms with Crippen molar-refractivity contribution in [1.82, 2.24) is 9.97 Å². The van der Waals surface area contributed by atoms with Gasteiger partial charge in [0.05, 0.1) is 0 Å². The Bertz CT molecular complexity index is 559. The van der Waals surface area contributed by atoms with Gasteiger partial charge in [-0.15, -0.1) is 0 Å². The molecule has 3 N–H and O–H groups in total. The second kappa shape index (κ2) is 6.67. The fourth-order valence-electron chi connectivity index (χ4n) is 1.09. The normalized spacial score (nSPS) is 10.3. The third kappa shape index (κ3) is 6.56. The monoisotopic (exact) mass is 267 g/mol. The zero-order chi connectivity index (χ0) is 13.4. The highest BCUT2D eigenvalue weighted by atomic mass is 32.2. The molecule has 0 fully saturated rings. The third-order valence-electron chi connectivity index (χ3n) is 1.80. The van der Waals surface area contributed by atoms with Gasteiger partial charge in [0.1, 0.15) is 17.9 Å². The maximum Gasteiger partial charge on any atom is 0.269 e. The number of hydrogen-bond acceptors (Lipinski definition) is 5. The molecule has 1 aromatic heterocycles. The molecule has 0 amide bonds. The summed E-state index contributed by atoms with van der Waals surface area (Å²) >= 11 is 0. The van der Waals surface area contributed by atoms with Gasteiger partial charge in [0.2, 0.25) is 0 Å². The molecule has 0 radical (unpaired) electrons. The zero-order valence-electron chi connectivity index (χ0n) is 9.47. The Balaban J connectivity index is 0.000000199. The molecule has 2 rings (SSSR count). The molecule has 7 heteroatoms. The minimum Gasteiger partial charge on any atom is -0.384 e. The van der Waals surface area contributed by atoms with Crippen molar-refractivity contribution in [2.24, 2.45) is 0 Å². The maximum atomic E-state index is 10.4. The molecule has 18 heavy (non-hydrogen) atoms. The largest absolute Gasteiger partial charge is 0.384 e. The van der Waals surface area contributed by atoms with Gasteiger partial charge >= 0.3 is 0 Å². The van der Waals surface area contributed by atoms with E-state index in [-0.39, 0.29) is 5.75 Å². The van der Waals surface area contributed by atoms with Gasteiger partial charge in [-0.1, -0.05) is 30.3 Å². The molecule has 6 nitrogen and oxygen atoms in total. The Morgan fingerprint density at radius 2 is 1.83 bits per heavy atom. The van der Waals surface area contributed by atoms with Crippen molar-refractivity contribution in [3.05, 3.63) is 54.5 Å². The van der Waals surface area contributed by atoms with E-state index in [2.05, 4.69) is 9.97 Å². The quantitative estimate of drug-likeness (QED) is 0.790. The van der Waals surface area contributed by atoms with E-state index in [0.717, 1.165) is 0 Å². The van der Waals surface area contributed by atoms with Crippen LogP contribution in [0, 0.1) is 0 Å². The van der Waals surface area contributed by atoms with E-state index in [0.29, 0.717) is 11.4 Å². The summed E-state index contributed by atoms with van der Waals surface area (Å²) < 4.78 is 29.2. The van der Waals surface area contributed by atoms with Crippen LogP contribution in [0.1, 0.15) is 5.56 Å². The molecule has 0 aliphatic rings. The van der Waals surface area contributed by atoms with Gasteiger partial charge in [0.15, 0.2) is 0 Å². The van der Waals surface area contributed by atoms with E-state index < -0.39 is 10.1 Å². The standard InChI is InChI=1S/C7H8O3S.C4H5N3/c8-11(9,10)6-7-4-2-1-3-5-7;5-4-1-2-6-3-7-4/h1-5H,6H2,(H,8,9,10);1-3H,(H2,5,6,7). The van der Waals surface area contributed by atoms with Crippen molar-refractivity contribution in [3.63, 3.8) is 0 Å². The topological polar surface area (TPSA) is 106 Å². The minimum absolute atomic E-state index is 0.312. The van der Waals surface area contributed by atoms with Crippen molar-refractivity contribution in [2.75, 3.05) is 5.73 Å². The maximum absolute atomic E-state index is 10.4. The second-order valence-electron chi connectivity index (χ2n) is 3.35. The van der Waals surface area contributed by atoms with Crippen molar-refractivity contribution >= 4 is 15.9 Å². The van der Waals surface area contributed by atoms with Crippen LogP contribution >= 0.6 is 0 Å². The number of nitrogen functional groups attached to an aromatic ring is 1. The number of hydrogen-bond donors (Lipinski definition) is 2. The van der Waals surface area contributed by atoms with Crippen LogP contribution in [0.5, 0.6) is 0 Å². The number of nitrogens with two attached hydrogens (primary N) is 1. The van der Waals surface area contributed by atoms with Crippen LogP contribution in [-0.4, -0.2) is 22.9 Å². The van der Waals surface area contributed by atoms with Crippen LogP contribution < -0.4 is 5.73 Å². The summed E-state index contributed by atoms with van der Waals surface area (Å²) in [6.07, 6.45) is 3.01. The van der Waals surface area contributed by atoms with E-state index in [9.17, 15) is 8.42 Å². The van der Waals surface area contributed by atoms with Gasteiger partial charge in [-0.05, 0) is 11.6 Å². The average molecular weight is 267 g/mol. The van der Waals surface area contributed by atoms with Gasteiger partial charge < -0.3 is 5.73 Å².